The number of aryl methyl sites for hydroxylation is 1. The quantitative estimate of drug-likeness (QED) is 0.461. The van der Waals surface area contributed by atoms with Crippen LogP contribution in [0.15, 0.2) is 48.5 Å². The van der Waals surface area contributed by atoms with Gasteiger partial charge in [-0.05, 0) is 6.92 Å². The number of carbonyl (C=O) groups is 2. The molecule has 0 aliphatic carbocycles. The molecule has 3 heteroatoms. The molecule has 0 N–H and O–H groups in total. The Balaban J connectivity index is 2.26. The maximum atomic E-state index is 12.0. The molecule has 0 spiro atoms. The van der Waals surface area contributed by atoms with Gasteiger partial charge in [-0.3, -0.25) is 9.59 Å². The number of benzene rings is 2. The molecule has 0 unspecified atom stereocenters. The second kappa shape index (κ2) is 5.00. The van der Waals surface area contributed by atoms with Gasteiger partial charge in [-0.25, -0.2) is 0 Å². The lowest BCUT2D eigenvalue weighted by Gasteiger charge is -2.02. The lowest BCUT2D eigenvalue weighted by molar-refractivity contribution is 0.0817. The summed E-state index contributed by atoms with van der Waals surface area (Å²) in [6, 6.07) is 13.3. The van der Waals surface area contributed by atoms with E-state index in [1.54, 1.807) is 36.4 Å². The Hall–Kier alpha value is -2.16. The molecule has 0 saturated carbocycles. The first-order valence-electron chi connectivity index (χ1n) is 5.59. The highest BCUT2D eigenvalue weighted by atomic mass is 16.2. The molecule has 0 saturated heterocycles. The summed E-state index contributed by atoms with van der Waals surface area (Å²) in [4.78, 5) is 23.9. The van der Waals surface area contributed by atoms with Gasteiger partial charge in [-0.2, -0.15) is 0 Å². The van der Waals surface area contributed by atoms with Crippen LogP contribution in [0.4, 0.5) is 0 Å². The van der Waals surface area contributed by atoms with E-state index in [1.807, 2.05) is 19.1 Å². The van der Waals surface area contributed by atoms with Crippen LogP contribution in [0.5, 0.6) is 0 Å². The van der Waals surface area contributed by atoms with Crippen molar-refractivity contribution in [2.45, 2.75) is 6.92 Å². The molecule has 2 rings (SSSR count). The lowest BCUT2D eigenvalue weighted by atomic mass is 9.93. The molecule has 0 aliphatic heterocycles. The van der Waals surface area contributed by atoms with Crippen molar-refractivity contribution in [1.82, 2.24) is 0 Å². The summed E-state index contributed by atoms with van der Waals surface area (Å²) in [5, 5.41) is 0. The molecule has 0 aliphatic rings. The number of carbonyl (C=O) groups excluding carboxylic acids is 2. The zero-order valence-electron chi connectivity index (χ0n) is 10.0. The number of hydrogen-bond donors (Lipinski definition) is 0. The van der Waals surface area contributed by atoms with Crippen LogP contribution in [-0.2, 0) is 0 Å². The summed E-state index contributed by atoms with van der Waals surface area (Å²) >= 11 is 0. The van der Waals surface area contributed by atoms with Crippen molar-refractivity contribution in [3.05, 3.63) is 65.2 Å². The van der Waals surface area contributed by atoms with Gasteiger partial charge in [0.15, 0.2) is 0 Å². The van der Waals surface area contributed by atoms with Gasteiger partial charge in [-0.1, -0.05) is 59.6 Å². The summed E-state index contributed by atoms with van der Waals surface area (Å²) in [7, 11) is 5.53. The highest BCUT2D eigenvalue weighted by Gasteiger charge is 2.17. The van der Waals surface area contributed by atoms with Gasteiger partial charge in [0, 0.05) is 11.1 Å². The van der Waals surface area contributed by atoms with Gasteiger partial charge in [0.05, 0.1) is 0 Å². The van der Waals surface area contributed by atoms with E-state index in [-0.39, 0.29) is 0 Å². The first kappa shape index (κ1) is 12.3. The third kappa shape index (κ3) is 2.56. The molecule has 0 bridgehead atoms. The first-order chi connectivity index (χ1) is 8.58. The molecule has 2 radical (unpaired) electrons. The molecular weight excluding hydrogens is 223 g/mol. The number of rotatable bonds is 3. The van der Waals surface area contributed by atoms with E-state index < -0.39 is 11.6 Å². The fraction of sp³-hybridized carbons (Fsp3) is 0.0667. The SMILES string of the molecule is [B]c1ccc(C(=O)C(=O)c2ccc(C)cc2)cc1. The van der Waals surface area contributed by atoms with Crippen molar-refractivity contribution in [3.8, 4) is 0 Å². The van der Waals surface area contributed by atoms with Crippen LogP contribution in [0, 0.1) is 6.92 Å². The van der Waals surface area contributed by atoms with Crippen molar-refractivity contribution < 1.29 is 9.59 Å². The van der Waals surface area contributed by atoms with E-state index >= 15 is 0 Å². The molecule has 2 aromatic carbocycles. The van der Waals surface area contributed by atoms with Crippen molar-refractivity contribution in [2.24, 2.45) is 0 Å². The maximum Gasteiger partial charge on any atom is 0.233 e. The number of Topliss-reactive ketones (excluding diaryl/α,β-unsaturated/α-hetero) is 2. The Morgan fingerprint density at radius 1 is 0.778 bits per heavy atom. The van der Waals surface area contributed by atoms with Crippen molar-refractivity contribution >= 4 is 24.9 Å². The zero-order valence-corrected chi connectivity index (χ0v) is 10.0. The summed E-state index contributed by atoms with van der Waals surface area (Å²) in [5.74, 6) is -1.02. The van der Waals surface area contributed by atoms with Gasteiger partial charge in [0.25, 0.3) is 0 Å². The molecule has 0 heterocycles. The third-order valence-electron chi connectivity index (χ3n) is 2.69. The predicted octanol–water partition coefficient (Wildman–Crippen LogP) is 1.85. The summed E-state index contributed by atoms with van der Waals surface area (Å²) in [6.07, 6.45) is 0. The molecular formula is C15H11BO2. The Morgan fingerprint density at radius 3 is 1.61 bits per heavy atom. The topological polar surface area (TPSA) is 34.1 Å². The molecule has 0 amide bonds. The van der Waals surface area contributed by atoms with E-state index in [9.17, 15) is 9.59 Å². The van der Waals surface area contributed by atoms with Crippen LogP contribution >= 0.6 is 0 Å². The van der Waals surface area contributed by atoms with Gasteiger partial charge in [-0.15, -0.1) is 0 Å². The van der Waals surface area contributed by atoms with Gasteiger partial charge >= 0.3 is 0 Å². The molecule has 0 atom stereocenters. The van der Waals surface area contributed by atoms with E-state index in [0.717, 1.165) is 5.56 Å². The van der Waals surface area contributed by atoms with Crippen LogP contribution < -0.4 is 5.46 Å². The standard InChI is InChI=1S/C15H11BO2/c1-10-2-4-11(5-3-10)14(17)15(18)12-6-8-13(16)9-7-12/h2-9H,1H3. The Labute approximate surface area is 107 Å². The lowest BCUT2D eigenvalue weighted by Crippen LogP contribution is -2.15. The van der Waals surface area contributed by atoms with Gasteiger partial charge in [0.1, 0.15) is 7.85 Å². The molecule has 0 aromatic heterocycles. The van der Waals surface area contributed by atoms with E-state index in [2.05, 4.69) is 0 Å². The highest BCUT2D eigenvalue weighted by molar-refractivity contribution is 6.49. The minimum Gasteiger partial charge on any atom is -0.285 e. The molecule has 18 heavy (non-hydrogen) atoms. The predicted molar refractivity (Wildman–Crippen MR) is 71.7 cm³/mol. The highest BCUT2D eigenvalue weighted by Crippen LogP contribution is 2.08. The molecule has 2 aromatic rings. The van der Waals surface area contributed by atoms with Crippen LogP contribution in [0.1, 0.15) is 26.3 Å². The van der Waals surface area contributed by atoms with Gasteiger partial charge < -0.3 is 0 Å². The fourth-order valence-electron chi connectivity index (χ4n) is 1.60. The summed E-state index contributed by atoms with van der Waals surface area (Å²) in [6.45, 7) is 1.93. The average molecular weight is 234 g/mol. The molecule has 2 nitrogen and oxygen atoms in total. The minimum atomic E-state index is -0.515. The molecule has 0 fully saturated rings. The Bertz CT molecular complexity index is 527. The van der Waals surface area contributed by atoms with E-state index in [0.29, 0.717) is 16.6 Å². The first-order valence-corrected chi connectivity index (χ1v) is 5.59. The van der Waals surface area contributed by atoms with Gasteiger partial charge in [0.2, 0.25) is 11.6 Å². The van der Waals surface area contributed by atoms with Crippen LogP contribution in [0.2, 0.25) is 0 Å². The number of hydrogen-bond acceptors (Lipinski definition) is 2. The van der Waals surface area contributed by atoms with Crippen LogP contribution in [0.25, 0.3) is 0 Å². The number of ketones is 2. The summed E-state index contributed by atoms with van der Waals surface area (Å²) in [5.41, 5.74) is 2.37. The zero-order chi connectivity index (χ0) is 13.1. The second-order valence-electron chi connectivity index (χ2n) is 4.15. The Morgan fingerprint density at radius 2 is 1.17 bits per heavy atom. The summed E-state index contributed by atoms with van der Waals surface area (Å²) < 4.78 is 0. The molecule has 86 valence electrons. The van der Waals surface area contributed by atoms with Crippen molar-refractivity contribution in [3.63, 3.8) is 0 Å². The van der Waals surface area contributed by atoms with Crippen LogP contribution in [0.3, 0.4) is 0 Å². The third-order valence-corrected chi connectivity index (χ3v) is 2.69. The maximum absolute atomic E-state index is 12.0. The van der Waals surface area contributed by atoms with Crippen molar-refractivity contribution in [2.75, 3.05) is 0 Å². The van der Waals surface area contributed by atoms with Crippen molar-refractivity contribution in [1.29, 1.82) is 0 Å². The monoisotopic (exact) mass is 234 g/mol. The fourth-order valence-corrected chi connectivity index (χ4v) is 1.60. The minimum absolute atomic E-state index is 0.356. The largest absolute Gasteiger partial charge is 0.285 e. The second-order valence-corrected chi connectivity index (χ2v) is 4.15. The normalized spacial score (nSPS) is 10.1. The van der Waals surface area contributed by atoms with Crippen LogP contribution in [-0.4, -0.2) is 19.4 Å². The van der Waals surface area contributed by atoms with E-state index in [4.69, 9.17) is 7.85 Å². The average Bonchev–Trinajstić information content (AvgIpc) is 2.39. The smallest absolute Gasteiger partial charge is 0.233 e. The van der Waals surface area contributed by atoms with E-state index in [1.165, 1.54) is 0 Å². The Kier molecular flexibility index (Phi) is 3.42.